The van der Waals surface area contributed by atoms with Crippen molar-refractivity contribution in [2.45, 2.75) is 52.4 Å². The molecule has 0 saturated heterocycles. The average Bonchev–Trinajstić information content (AvgIpc) is 2.45. The Morgan fingerprint density at radius 1 is 0.667 bits per heavy atom. The summed E-state index contributed by atoms with van der Waals surface area (Å²) in [6.45, 7) is 15.2. The summed E-state index contributed by atoms with van der Waals surface area (Å²) in [5.41, 5.74) is 2.19. The first-order valence-electron chi connectivity index (χ1n) is 8.53. The van der Waals surface area contributed by atoms with Crippen molar-refractivity contribution in [1.82, 2.24) is 0 Å². The minimum absolute atomic E-state index is 0.00907. The molecule has 1 aromatic rings. The summed E-state index contributed by atoms with van der Waals surface area (Å²) in [5, 5.41) is 0. The van der Waals surface area contributed by atoms with Crippen LogP contribution in [0.1, 0.15) is 52.7 Å². The van der Waals surface area contributed by atoms with Crippen molar-refractivity contribution in [3.8, 4) is 11.5 Å². The van der Waals surface area contributed by atoms with Crippen molar-refractivity contribution in [3.05, 3.63) is 23.3 Å². The van der Waals surface area contributed by atoms with E-state index in [1.807, 2.05) is 0 Å². The second-order valence-electron chi connectivity index (χ2n) is 8.03. The zero-order chi connectivity index (χ0) is 18.4. The monoisotopic (exact) mass is 338 g/mol. The van der Waals surface area contributed by atoms with Crippen LogP contribution in [0.4, 0.5) is 0 Å². The van der Waals surface area contributed by atoms with E-state index < -0.39 is 0 Å². The van der Waals surface area contributed by atoms with Gasteiger partial charge in [-0.25, -0.2) is 0 Å². The standard InChI is InChI=1S/C20H34O4/c1-19(2,3)15-13-16(23-11-9-21-7)18(20(4,5)6)17(14-15)24-12-10-22-8/h13-14H,9-12H2,1-8H3. The lowest BCUT2D eigenvalue weighted by atomic mass is 9.81. The molecule has 0 fully saturated rings. The molecule has 0 saturated carbocycles. The average molecular weight is 338 g/mol. The molecule has 0 N–H and O–H groups in total. The van der Waals surface area contributed by atoms with Crippen molar-refractivity contribution >= 4 is 0 Å². The molecule has 0 aliphatic carbocycles. The lowest BCUT2D eigenvalue weighted by Gasteiger charge is -2.29. The molecule has 0 radical (unpaired) electrons. The molecule has 24 heavy (non-hydrogen) atoms. The topological polar surface area (TPSA) is 36.9 Å². The molecule has 0 atom stereocenters. The number of ether oxygens (including phenoxy) is 4. The quantitative estimate of drug-likeness (QED) is 0.661. The van der Waals surface area contributed by atoms with E-state index >= 15 is 0 Å². The maximum atomic E-state index is 6.05. The fraction of sp³-hybridized carbons (Fsp3) is 0.700. The Balaban J connectivity index is 3.35. The molecule has 0 bridgehead atoms. The van der Waals surface area contributed by atoms with Crippen LogP contribution in [0, 0.1) is 0 Å². The Bertz CT molecular complexity index is 478. The van der Waals surface area contributed by atoms with Crippen LogP contribution in [0.5, 0.6) is 11.5 Å². The summed E-state index contributed by atoms with van der Waals surface area (Å²) in [5.74, 6) is 1.75. The first-order valence-corrected chi connectivity index (χ1v) is 8.53. The van der Waals surface area contributed by atoms with Crippen LogP contribution < -0.4 is 9.47 Å². The first kappa shape index (κ1) is 20.8. The van der Waals surface area contributed by atoms with Gasteiger partial charge < -0.3 is 18.9 Å². The van der Waals surface area contributed by atoms with Crippen molar-refractivity contribution in [2.75, 3.05) is 40.6 Å². The van der Waals surface area contributed by atoms with Gasteiger partial charge in [-0.1, -0.05) is 41.5 Å². The van der Waals surface area contributed by atoms with Crippen molar-refractivity contribution in [1.29, 1.82) is 0 Å². The van der Waals surface area contributed by atoms with Crippen molar-refractivity contribution in [2.24, 2.45) is 0 Å². The molecule has 0 heterocycles. The third-order valence-corrected chi connectivity index (χ3v) is 3.77. The predicted octanol–water partition coefficient (Wildman–Crippen LogP) is 4.33. The molecule has 0 amide bonds. The van der Waals surface area contributed by atoms with Crippen LogP contribution in [0.2, 0.25) is 0 Å². The van der Waals surface area contributed by atoms with Gasteiger partial charge in [-0.05, 0) is 28.5 Å². The molecular weight excluding hydrogens is 304 g/mol. The normalized spacial score (nSPS) is 12.3. The number of rotatable bonds is 8. The van der Waals surface area contributed by atoms with Crippen LogP contribution in [0.25, 0.3) is 0 Å². The minimum Gasteiger partial charge on any atom is -0.491 e. The molecule has 0 aliphatic heterocycles. The van der Waals surface area contributed by atoms with E-state index in [4.69, 9.17) is 18.9 Å². The summed E-state index contributed by atoms with van der Waals surface area (Å²) in [6.07, 6.45) is 0. The molecule has 0 unspecified atom stereocenters. The second-order valence-corrected chi connectivity index (χ2v) is 8.03. The summed E-state index contributed by atoms with van der Waals surface area (Å²) in [6, 6.07) is 4.28. The maximum Gasteiger partial charge on any atom is 0.127 e. The summed E-state index contributed by atoms with van der Waals surface area (Å²) in [4.78, 5) is 0. The molecule has 1 rings (SSSR count). The zero-order valence-corrected chi connectivity index (χ0v) is 16.6. The molecule has 138 valence electrons. The van der Waals surface area contributed by atoms with Crippen LogP contribution in [-0.4, -0.2) is 40.6 Å². The van der Waals surface area contributed by atoms with E-state index in [1.54, 1.807) is 14.2 Å². The smallest absolute Gasteiger partial charge is 0.127 e. The fourth-order valence-electron chi connectivity index (χ4n) is 2.46. The van der Waals surface area contributed by atoms with Gasteiger partial charge in [-0.2, -0.15) is 0 Å². The van der Waals surface area contributed by atoms with Gasteiger partial charge in [0, 0.05) is 19.8 Å². The van der Waals surface area contributed by atoms with E-state index in [1.165, 1.54) is 5.56 Å². The second kappa shape index (κ2) is 8.72. The molecular formula is C20H34O4. The van der Waals surface area contributed by atoms with Gasteiger partial charge in [-0.3, -0.25) is 0 Å². The summed E-state index contributed by atoms with van der Waals surface area (Å²) in [7, 11) is 3.36. The number of hydrogen-bond acceptors (Lipinski definition) is 4. The van der Waals surface area contributed by atoms with E-state index in [2.05, 4.69) is 53.7 Å². The van der Waals surface area contributed by atoms with Crippen LogP contribution in [-0.2, 0) is 20.3 Å². The van der Waals surface area contributed by atoms with Crippen LogP contribution in [0.15, 0.2) is 12.1 Å². The van der Waals surface area contributed by atoms with E-state index in [9.17, 15) is 0 Å². The Labute approximate surface area is 147 Å². The van der Waals surface area contributed by atoms with Gasteiger partial charge in [0.05, 0.1) is 13.2 Å². The first-order chi connectivity index (χ1) is 11.1. The Morgan fingerprint density at radius 2 is 1.08 bits per heavy atom. The molecule has 4 heteroatoms. The van der Waals surface area contributed by atoms with Crippen molar-refractivity contribution in [3.63, 3.8) is 0 Å². The Kier molecular flexibility index (Phi) is 7.56. The molecule has 1 aromatic carbocycles. The third-order valence-electron chi connectivity index (χ3n) is 3.77. The molecule has 0 spiro atoms. The number of methoxy groups -OCH3 is 2. The van der Waals surface area contributed by atoms with Crippen LogP contribution in [0.3, 0.4) is 0 Å². The predicted molar refractivity (Wildman–Crippen MR) is 98.6 cm³/mol. The van der Waals surface area contributed by atoms with Gasteiger partial charge in [0.1, 0.15) is 24.7 Å². The molecule has 4 nitrogen and oxygen atoms in total. The Morgan fingerprint density at radius 3 is 1.38 bits per heavy atom. The van der Waals surface area contributed by atoms with E-state index in [0.29, 0.717) is 26.4 Å². The highest BCUT2D eigenvalue weighted by Crippen LogP contribution is 2.42. The third kappa shape index (κ3) is 5.99. The Hall–Kier alpha value is -1.26. The highest BCUT2D eigenvalue weighted by molar-refractivity contribution is 5.53. The highest BCUT2D eigenvalue weighted by Gasteiger charge is 2.27. The molecule has 0 aliphatic rings. The minimum atomic E-state index is -0.0960. The van der Waals surface area contributed by atoms with Crippen molar-refractivity contribution < 1.29 is 18.9 Å². The fourth-order valence-corrected chi connectivity index (χ4v) is 2.46. The number of benzene rings is 1. The maximum absolute atomic E-state index is 6.05. The zero-order valence-electron chi connectivity index (χ0n) is 16.6. The summed E-state index contributed by atoms with van der Waals surface area (Å²) >= 11 is 0. The van der Waals surface area contributed by atoms with Crippen LogP contribution >= 0.6 is 0 Å². The highest BCUT2D eigenvalue weighted by atomic mass is 16.5. The molecule has 0 aromatic heterocycles. The van der Waals surface area contributed by atoms with Gasteiger partial charge in [0.2, 0.25) is 0 Å². The lowest BCUT2D eigenvalue weighted by Crippen LogP contribution is -2.20. The lowest BCUT2D eigenvalue weighted by molar-refractivity contribution is 0.139. The van der Waals surface area contributed by atoms with Gasteiger partial charge >= 0.3 is 0 Å². The largest absolute Gasteiger partial charge is 0.491 e. The van der Waals surface area contributed by atoms with E-state index in [0.717, 1.165) is 17.1 Å². The van der Waals surface area contributed by atoms with E-state index in [-0.39, 0.29) is 10.8 Å². The number of hydrogen-bond donors (Lipinski definition) is 0. The van der Waals surface area contributed by atoms with Gasteiger partial charge in [0.25, 0.3) is 0 Å². The van der Waals surface area contributed by atoms with Gasteiger partial charge in [-0.15, -0.1) is 0 Å². The van der Waals surface area contributed by atoms with Gasteiger partial charge in [0.15, 0.2) is 0 Å². The SMILES string of the molecule is COCCOc1cc(C(C)(C)C)cc(OCCOC)c1C(C)(C)C. The summed E-state index contributed by atoms with van der Waals surface area (Å²) < 4.78 is 22.3.